The van der Waals surface area contributed by atoms with E-state index in [9.17, 15) is 0 Å². The van der Waals surface area contributed by atoms with E-state index in [1.807, 2.05) is 6.92 Å². The predicted molar refractivity (Wildman–Crippen MR) is 82.4 cm³/mol. The minimum Gasteiger partial charge on any atom is -0.383 e. The summed E-state index contributed by atoms with van der Waals surface area (Å²) in [6.45, 7) is 5.90. The van der Waals surface area contributed by atoms with Gasteiger partial charge in [0.05, 0.1) is 12.0 Å². The molecule has 2 heterocycles. The summed E-state index contributed by atoms with van der Waals surface area (Å²) in [6.07, 6.45) is 5.32. The Hall–Kier alpha value is -1.69. The van der Waals surface area contributed by atoms with E-state index < -0.39 is 0 Å². The third-order valence-electron chi connectivity index (χ3n) is 4.43. The van der Waals surface area contributed by atoms with Crippen molar-refractivity contribution in [3.05, 3.63) is 12.0 Å². The number of fused-ring (bicyclic) bond motifs is 1. The van der Waals surface area contributed by atoms with Crippen molar-refractivity contribution in [2.75, 3.05) is 25.2 Å². The maximum absolute atomic E-state index is 5.30. The lowest BCUT2D eigenvalue weighted by Gasteiger charge is -2.30. The van der Waals surface area contributed by atoms with Gasteiger partial charge in [-0.05, 0) is 32.1 Å². The van der Waals surface area contributed by atoms with Gasteiger partial charge in [-0.15, -0.1) is 0 Å². The van der Waals surface area contributed by atoms with Crippen molar-refractivity contribution >= 4 is 16.9 Å². The van der Waals surface area contributed by atoms with Gasteiger partial charge in [0.15, 0.2) is 5.65 Å². The molecule has 0 bridgehead atoms. The molecule has 1 N–H and O–H groups in total. The molecule has 2 unspecified atom stereocenters. The minimum atomic E-state index is 0.530. The van der Waals surface area contributed by atoms with Gasteiger partial charge in [0.1, 0.15) is 12.1 Å². The molecule has 0 aliphatic heterocycles. The highest BCUT2D eigenvalue weighted by Gasteiger charge is 2.29. The Balaban J connectivity index is 1.99. The number of hydrogen-bond acceptors (Lipinski definition) is 5. The van der Waals surface area contributed by atoms with Crippen LogP contribution in [0.4, 0.5) is 5.82 Å². The number of ether oxygens (including phenoxy) is 1. The Labute approximate surface area is 124 Å². The van der Waals surface area contributed by atoms with Gasteiger partial charge in [0, 0.05) is 25.4 Å². The van der Waals surface area contributed by atoms with Gasteiger partial charge in [-0.3, -0.25) is 5.10 Å². The van der Waals surface area contributed by atoms with Gasteiger partial charge in [-0.1, -0.05) is 6.92 Å². The molecule has 1 saturated carbocycles. The molecule has 0 aromatic carbocycles. The van der Waals surface area contributed by atoms with Crippen LogP contribution in [0.3, 0.4) is 0 Å². The van der Waals surface area contributed by atoms with Crippen LogP contribution in [0.1, 0.15) is 31.9 Å². The maximum atomic E-state index is 5.30. The molecular weight excluding hydrogens is 266 g/mol. The number of aromatic nitrogens is 4. The van der Waals surface area contributed by atoms with E-state index in [1.165, 1.54) is 19.3 Å². The Morgan fingerprint density at radius 1 is 1.38 bits per heavy atom. The molecule has 6 nitrogen and oxygen atoms in total. The molecule has 21 heavy (non-hydrogen) atoms. The van der Waals surface area contributed by atoms with Crippen LogP contribution >= 0.6 is 0 Å². The summed E-state index contributed by atoms with van der Waals surface area (Å²) >= 11 is 0. The van der Waals surface area contributed by atoms with E-state index in [4.69, 9.17) is 4.74 Å². The van der Waals surface area contributed by atoms with Crippen LogP contribution < -0.4 is 4.90 Å². The number of methoxy groups -OCH3 is 1. The molecule has 114 valence electrons. The van der Waals surface area contributed by atoms with E-state index >= 15 is 0 Å². The minimum absolute atomic E-state index is 0.530. The predicted octanol–water partition coefficient (Wildman–Crippen LogP) is 2.30. The first-order chi connectivity index (χ1) is 10.2. The maximum Gasteiger partial charge on any atom is 0.186 e. The second-order valence-corrected chi connectivity index (χ2v) is 6.00. The largest absolute Gasteiger partial charge is 0.383 e. The molecule has 0 amide bonds. The summed E-state index contributed by atoms with van der Waals surface area (Å²) in [5.74, 6) is 1.77. The fourth-order valence-corrected chi connectivity index (χ4v) is 3.31. The average Bonchev–Trinajstić information content (AvgIpc) is 3.07. The zero-order valence-electron chi connectivity index (χ0n) is 13.0. The average molecular weight is 289 g/mol. The van der Waals surface area contributed by atoms with E-state index in [2.05, 4.69) is 32.0 Å². The summed E-state index contributed by atoms with van der Waals surface area (Å²) in [7, 11) is 1.74. The van der Waals surface area contributed by atoms with E-state index in [0.717, 1.165) is 35.0 Å². The molecule has 0 saturated heterocycles. The smallest absolute Gasteiger partial charge is 0.186 e. The van der Waals surface area contributed by atoms with Crippen LogP contribution in [0.25, 0.3) is 11.0 Å². The van der Waals surface area contributed by atoms with Gasteiger partial charge in [0.25, 0.3) is 0 Å². The number of nitrogens with zero attached hydrogens (tertiary/aromatic N) is 4. The molecule has 2 aromatic heterocycles. The summed E-state index contributed by atoms with van der Waals surface area (Å²) < 4.78 is 5.30. The number of anilines is 1. The molecular formula is C15H23N5O. The van der Waals surface area contributed by atoms with Crippen LogP contribution in [-0.4, -0.2) is 46.5 Å². The molecule has 2 aromatic rings. The molecule has 0 spiro atoms. The first kappa shape index (κ1) is 14.3. The first-order valence-electron chi connectivity index (χ1n) is 7.62. The quantitative estimate of drug-likeness (QED) is 0.915. The molecule has 1 aliphatic rings. The fraction of sp³-hybridized carbons (Fsp3) is 0.667. The van der Waals surface area contributed by atoms with E-state index in [0.29, 0.717) is 12.6 Å². The van der Waals surface area contributed by atoms with Crippen molar-refractivity contribution < 1.29 is 4.74 Å². The van der Waals surface area contributed by atoms with Crippen molar-refractivity contribution in [3.8, 4) is 0 Å². The Morgan fingerprint density at radius 3 is 2.95 bits per heavy atom. The number of hydrogen-bond donors (Lipinski definition) is 1. The number of H-pyrrole nitrogens is 1. The topological polar surface area (TPSA) is 66.9 Å². The standard InChI is InChI=1S/C15H23N5O/c1-10-4-5-12(8-10)20(6-7-21-3)15-13-11(2)18-19-14(13)16-9-17-15/h9-10,12H,4-8H2,1-3H3,(H,16,17,18,19). The fourth-order valence-electron chi connectivity index (χ4n) is 3.31. The highest BCUT2D eigenvalue weighted by Crippen LogP contribution is 2.34. The SMILES string of the molecule is COCCN(c1ncnc2n[nH]c(C)c12)C1CCC(C)C1. The lowest BCUT2D eigenvalue weighted by molar-refractivity contribution is 0.203. The second kappa shape index (κ2) is 5.97. The normalized spacial score (nSPS) is 22.0. The van der Waals surface area contributed by atoms with Crippen LogP contribution in [0.2, 0.25) is 0 Å². The van der Waals surface area contributed by atoms with Gasteiger partial charge in [0.2, 0.25) is 0 Å². The first-order valence-corrected chi connectivity index (χ1v) is 7.62. The lowest BCUT2D eigenvalue weighted by atomic mass is 10.1. The highest BCUT2D eigenvalue weighted by atomic mass is 16.5. The highest BCUT2D eigenvalue weighted by molar-refractivity contribution is 5.89. The van der Waals surface area contributed by atoms with Crippen molar-refractivity contribution in [1.29, 1.82) is 0 Å². The van der Waals surface area contributed by atoms with Gasteiger partial charge < -0.3 is 9.64 Å². The van der Waals surface area contributed by atoms with Crippen LogP contribution in [0, 0.1) is 12.8 Å². The van der Waals surface area contributed by atoms with Gasteiger partial charge in [-0.25, -0.2) is 9.97 Å². The Bertz CT molecular complexity index is 611. The van der Waals surface area contributed by atoms with Gasteiger partial charge >= 0.3 is 0 Å². The molecule has 1 fully saturated rings. The van der Waals surface area contributed by atoms with Crippen molar-refractivity contribution in [1.82, 2.24) is 20.2 Å². The molecule has 3 rings (SSSR count). The summed E-state index contributed by atoms with van der Waals surface area (Å²) in [4.78, 5) is 11.2. The molecule has 0 radical (unpaired) electrons. The van der Waals surface area contributed by atoms with Crippen LogP contribution in [-0.2, 0) is 4.74 Å². The second-order valence-electron chi connectivity index (χ2n) is 6.00. The molecule has 2 atom stereocenters. The zero-order valence-corrected chi connectivity index (χ0v) is 13.0. The summed E-state index contributed by atoms with van der Waals surface area (Å²) in [5.41, 5.74) is 1.76. The molecule has 1 aliphatic carbocycles. The van der Waals surface area contributed by atoms with E-state index in [1.54, 1.807) is 13.4 Å². The summed E-state index contributed by atoms with van der Waals surface area (Å²) in [5, 5.41) is 8.30. The van der Waals surface area contributed by atoms with Gasteiger partial charge in [-0.2, -0.15) is 5.10 Å². The number of aryl methyl sites for hydroxylation is 1. The monoisotopic (exact) mass is 289 g/mol. The zero-order chi connectivity index (χ0) is 14.8. The third kappa shape index (κ3) is 2.72. The molecule has 6 heteroatoms. The Morgan fingerprint density at radius 2 is 2.24 bits per heavy atom. The number of rotatable bonds is 5. The lowest BCUT2D eigenvalue weighted by Crippen LogP contribution is -2.37. The van der Waals surface area contributed by atoms with Crippen molar-refractivity contribution in [2.24, 2.45) is 5.92 Å². The van der Waals surface area contributed by atoms with Crippen LogP contribution in [0.5, 0.6) is 0 Å². The van der Waals surface area contributed by atoms with Crippen molar-refractivity contribution in [3.63, 3.8) is 0 Å². The van der Waals surface area contributed by atoms with Crippen LogP contribution in [0.15, 0.2) is 6.33 Å². The van der Waals surface area contributed by atoms with Crippen molar-refractivity contribution in [2.45, 2.75) is 39.2 Å². The Kier molecular flexibility index (Phi) is 4.05. The number of aromatic amines is 1. The third-order valence-corrected chi connectivity index (χ3v) is 4.43. The van der Waals surface area contributed by atoms with E-state index in [-0.39, 0.29) is 0 Å². The summed E-state index contributed by atoms with van der Waals surface area (Å²) in [6, 6.07) is 0.530. The number of nitrogens with one attached hydrogen (secondary N) is 1.